The zero-order chi connectivity index (χ0) is 15.9. The third-order valence-corrected chi connectivity index (χ3v) is 3.85. The van der Waals surface area contributed by atoms with Crippen LogP contribution in [0, 0.1) is 5.92 Å². The third kappa shape index (κ3) is 4.38. The highest BCUT2D eigenvalue weighted by atomic mass is 16.5. The molecule has 22 heavy (non-hydrogen) atoms. The van der Waals surface area contributed by atoms with Gasteiger partial charge in [0.05, 0.1) is 7.11 Å². The van der Waals surface area contributed by atoms with Gasteiger partial charge in [0.2, 0.25) is 0 Å². The Labute approximate surface area is 129 Å². The molecule has 6 heteroatoms. The molecule has 1 amide bonds. The molecule has 1 fully saturated rings. The van der Waals surface area contributed by atoms with Gasteiger partial charge in [-0.1, -0.05) is 12.1 Å². The molecule has 0 bridgehead atoms. The largest absolute Gasteiger partial charge is 0.493 e. The van der Waals surface area contributed by atoms with E-state index in [1.54, 1.807) is 24.1 Å². The summed E-state index contributed by atoms with van der Waals surface area (Å²) in [5.74, 6) is 0.440. The number of aliphatic carboxylic acids is 1. The minimum atomic E-state index is -0.774. The summed E-state index contributed by atoms with van der Waals surface area (Å²) < 4.78 is 10.7. The molecule has 1 aliphatic heterocycles. The Morgan fingerprint density at radius 1 is 1.23 bits per heavy atom. The van der Waals surface area contributed by atoms with Gasteiger partial charge in [-0.25, -0.2) is 0 Å². The average Bonchev–Trinajstić information content (AvgIpc) is 2.53. The van der Waals surface area contributed by atoms with E-state index >= 15 is 0 Å². The summed E-state index contributed by atoms with van der Waals surface area (Å²) >= 11 is 0. The Bertz CT molecular complexity index is 523. The molecule has 0 spiro atoms. The fraction of sp³-hybridized carbons (Fsp3) is 0.500. The smallest absolute Gasteiger partial charge is 0.303 e. The number of methoxy groups -OCH3 is 1. The highest BCUT2D eigenvalue weighted by molar-refractivity contribution is 5.78. The van der Waals surface area contributed by atoms with Crippen LogP contribution in [-0.2, 0) is 9.59 Å². The predicted molar refractivity (Wildman–Crippen MR) is 80.0 cm³/mol. The molecule has 1 N–H and O–H groups in total. The number of nitrogens with zero attached hydrogens (tertiary/aromatic N) is 1. The van der Waals surface area contributed by atoms with Crippen LogP contribution in [0.4, 0.5) is 0 Å². The number of benzene rings is 1. The molecule has 1 aromatic carbocycles. The van der Waals surface area contributed by atoms with Crippen molar-refractivity contribution in [2.45, 2.75) is 19.3 Å². The van der Waals surface area contributed by atoms with Crippen LogP contribution in [-0.4, -0.2) is 48.7 Å². The van der Waals surface area contributed by atoms with E-state index in [0.29, 0.717) is 24.6 Å². The Balaban J connectivity index is 1.80. The number of carboxylic acids is 1. The van der Waals surface area contributed by atoms with Gasteiger partial charge in [-0.05, 0) is 30.9 Å². The van der Waals surface area contributed by atoms with Crippen molar-refractivity contribution < 1.29 is 24.2 Å². The van der Waals surface area contributed by atoms with Crippen LogP contribution in [0.5, 0.6) is 11.5 Å². The molecule has 120 valence electrons. The normalized spacial score (nSPS) is 15.4. The van der Waals surface area contributed by atoms with Gasteiger partial charge in [-0.3, -0.25) is 9.59 Å². The Kier molecular flexibility index (Phi) is 5.63. The number of likely N-dealkylation sites (tertiary alicyclic amines) is 1. The lowest BCUT2D eigenvalue weighted by Gasteiger charge is -2.31. The number of carbonyl (C=O) groups excluding carboxylic acids is 1. The molecule has 0 aliphatic carbocycles. The number of piperidine rings is 1. The van der Waals surface area contributed by atoms with Gasteiger partial charge in [0.1, 0.15) is 0 Å². The number of hydrogen-bond acceptors (Lipinski definition) is 4. The molecule has 2 rings (SSSR count). The summed E-state index contributed by atoms with van der Waals surface area (Å²) in [6.07, 6.45) is 1.64. The quantitative estimate of drug-likeness (QED) is 0.867. The topological polar surface area (TPSA) is 76.1 Å². The number of hydrogen-bond donors (Lipinski definition) is 1. The molecule has 0 saturated carbocycles. The molecule has 6 nitrogen and oxygen atoms in total. The molecular weight excluding hydrogens is 286 g/mol. The van der Waals surface area contributed by atoms with Crippen LogP contribution in [0.3, 0.4) is 0 Å². The first-order valence-corrected chi connectivity index (χ1v) is 7.35. The highest BCUT2D eigenvalue weighted by Crippen LogP contribution is 2.26. The standard InChI is InChI=1S/C16H21NO5/c1-21-13-4-2-3-5-14(13)22-11-15(18)17-8-6-12(7-9-17)10-16(19)20/h2-5,12H,6-11H2,1H3,(H,19,20). The molecule has 0 atom stereocenters. The molecule has 0 aromatic heterocycles. The summed E-state index contributed by atoms with van der Waals surface area (Å²) in [6.45, 7) is 1.14. The monoisotopic (exact) mass is 307 g/mol. The van der Waals surface area contributed by atoms with Gasteiger partial charge in [0, 0.05) is 19.5 Å². The Morgan fingerprint density at radius 2 is 1.86 bits per heavy atom. The van der Waals surface area contributed by atoms with Crippen molar-refractivity contribution >= 4 is 11.9 Å². The zero-order valence-corrected chi connectivity index (χ0v) is 12.7. The number of para-hydroxylation sites is 2. The zero-order valence-electron chi connectivity index (χ0n) is 12.7. The molecule has 1 saturated heterocycles. The van der Waals surface area contributed by atoms with Crippen LogP contribution < -0.4 is 9.47 Å². The fourth-order valence-electron chi connectivity index (χ4n) is 2.60. The predicted octanol–water partition coefficient (Wildman–Crippen LogP) is 1.79. The molecule has 1 heterocycles. The van der Waals surface area contributed by atoms with Crippen molar-refractivity contribution in [2.24, 2.45) is 5.92 Å². The van der Waals surface area contributed by atoms with Crippen LogP contribution in [0.2, 0.25) is 0 Å². The minimum Gasteiger partial charge on any atom is -0.493 e. The first-order valence-electron chi connectivity index (χ1n) is 7.35. The van der Waals surface area contributed by atoms with E-state index in [1.807, 2.05) is 12.1 Å². The van der Waals surface area contributed by atoms with E-state index in [9.17, 15) is 9.59 Å². The van der Waals surface area contributed by atoms with Gasteiger partial charge in [-0.15, -0.1) is 0 Å². The third-order valence-electron chi connectivity index (χ3n) is 3.85. The number of rotatable bonds is 6. The van der Waals surface area contributed by atoms with Crippen molar-refractivity contribution in [2.75, 3.05) is 26.8 Å². The molecular formula is C16H21NO5. The van der Waals surface area contributed by atoms with E-state index in [2.05, 4.69) is 0 Å². The summed E-state index contributed by atoms with van der Waals surface area (Å²) in [5, 5.41) is 8.79. The highest BCUT2D eigenvalue weighted by Gasteiger charge is 2.24. The first kappa shape index (κ1) is 16.1. The first-order chi connectivity index (χ1) is 10.6. The second-order valence-electron chi connectivity index (χ2n) is 5.36. The maximum Gasteiger partial charge on any atom is 0.303 e. The van der Waals surface area contributed by atoms with Crippen molar-refractivity contribution in [1.82, 2.24) is 4.90 Å². The lowest BCUT2D eigenvalue weighted by molar-refractivity contribution is -0.139. The van der Waals surface area contributed by atoms with Crippen LogP contribution in [0.25, 0.3) is 0 Å². The van der Waals surface area contributed by atoms with Crippen LogP contribution >= 0.6 is 0 Å². The van der Waals surface area contributed by atoms with Gasteiger partial charge in [0.25, 0.3) is 5.91 Å². The van der Waals surface area contributed by atoms with Crippen molar-refractivity contribution in [3.8, 4) is 11.5 Å². The second-order valence-corrected chi connectivity index (χ2v) is 5.36. The molecule has 0 radical (unpaired) electrons. The molecule has 0 unspecified atom stereocenters. The van der Waals surface area contributed by atoms with E-state index in [-0.39, 0.29) is 24.9 Å². The number of carboxylic acid groups (broad SMARTS) is 1. The van der Waals surface area contributed by atoms with E-state index < -0.39 is 5.97 Å². The average molecular weight is 307 g/mol. The van der Waals surface area contributed by atoms with Crippen LogP contribution in [0.1, 0.15) is 19.3 Å². The Hall–Kier alpha value is -2.24. The van der Waals surface area contributed by atoms with Crippen molar-refractivity contribution in [3.63, 3.8) is 0 Å². The summed E-state index contributed by atoms with van der Waals surface area (Å²) in [7, 11) is 1.55. The van der Waals surface area contributed by atoms with Crippen molar-refractivity contribution in [1.29, 1.82) is 0 Å². The second kappa shape index (κ2) is 7.68. The number of carbonyl (C=O) groups is 2. The maximum absolute atomic E-state index is 12.1. The van der Waals surface area contributed by atoms with E-state index in [0.717, 1.165) is 12.8 Å². The lowest BCUT2D eigenvalue weighted by atomic mass is 9.94. The summed E-state index contributed by atoms with van der Waals surface area (Å²) in [4.78, 5) is 24.6. The Morgan fingerprint density at radius 3 is 2.45 bits per heavy atom. The van der Waals surface area contributed by atoms with Crippen molar-refractivity contribution in [3.05, 3.63) is 24.3 Å². The molecule has 1 aliphatic rings. The SMILES string of the molecule is COc1ccccc1OCC(=O)N1CCC(CC(=O)O)CC1. The van der Waals surface area contributed by atoms with Crippen LogP contribution in [0.15, 0.2) is 24.3 Å². The van der Waals surface area contributed by atoms with E-state index in [1.165, 1.54) is 0 Å². The van der Waals surface area contributed by atoms with Gasteiger partial charge < -0.3 is 19.5 Å². The fourth-order valence-corrected chi connectivity index (χ4v) is 2.60. The van der Waals surface area contributed by atoms with Gasteiger partial charge in [-0.2, -0.15) is 0 Å². The maximum atomic E-state index is 12.1. The minimum absolute atomic E-state index is 0.0377. The lowest BCUT2D eigenvalue weighted by Crippen LogP contribution is -2.41. The van der Waals surface area contributed by atoms with Gasteiger partial charge in [0.15, 0.2) is 18.1 Å². The van der Waals surface area contributed by atoms with E-state index in [4.69, 9.17) is 14.6 Å². The number of ether oxygens (including phenoxy) is 2. The number of amides is 1. The summed E-state index contributed by atoms with van der Waals surface area (Å²) in [6, 6.07) is 7.18. The summed E-state index contributed by atoms with van der Waals surface area (Å²) in [5.41, 5.74) is 0. The molecule has 1 aromatic rings. The van der Waals surface area contributed by atoms with Gasteiger partial charge >= 0.3 is 5.97 Å².